The lowest BCUT2D eigenvalue weighted by atomic mass is 10.3. The fourth-order valence-electron chi connectivity index (χ4n) is 2.15. The van der Waals surface area contributed by atoms with Gasteiger partial charge >= 0.3 is 6.61 Å². The van der Waals surface area contributed by atoms with E-state index in [0.29, 0.717) is 12.2 Å². The van der Waals surface area contributed by atoms with Gasteiger partial charge in [0, 0.05) is 12.6 Å². The normalized spacial score (nSPS) is 13.8. The molecule has 0 spiro atoms. The van der Waals surface area contributed by atoms with Crippen LogP contribution in [0.25, 0.3) is 5.69 Å². The molecule has 0 radical (unpaired) electrons. The minimum absolute atomic E-state index is 0.0969. The SMILES string of the molecule is FC(F)Oc1cc(-n2cc(CN3C=CC=CC3)nn2)ccc1Cl. The number of benzene rings is 1. The fourth-order valence-corrected chi connectivity index (χ4v) is 2.31. The highest BCUT2D eigenvalue weighted by Crippen LogP contribution is 2.28. The number of hydrogen-bond donors (Lipinski definition) is 0. The first-order chi connectivity index (χ1) is 11.1. The molecule has 1 aliphatic heterocycles. The molecule has 5 nitrogen and oxygen atoms in total. The zero-order valence-corrected chi connectivity index (χ0v) is 12.7. The predicted molar refractivity (Wildman–Crippen MR) is 81.7 cm³/mol. The first-order valence-electron chi connectivity index (χ1n) is 6.85. The van der Waals surface area contributed by atoms with Crippen molar-refractivity contribution in [3.05, 3.63) is 59.5 Å². The summed E-state index contributed by atoms with van der Waals surface area (Å²) in [5.41, 5.74) is 1.30. The van der Waals surface area contributed by atoms with E-state index in [2.05, 4.69) is 19.9 Å². The Kier molecular flexibility index (Phi) is 4.57. The van der Waals surface area contributed by atoms with E-state index in [1.165, 1.54) is 16.8 Å². The van der Waals surface area contributed by atoms with Gasteiger partial charge in [-0.25, -0.2) is 4.68 Å². The van der Waals surface area contributed by atoms with Crippen molar-refractivity contribution in [2.45, 2.75) is 13.2 Å². The number of aromatic nitrogens is 3. The van der Waals surface area contributed by atoms with E-state index in [-0.39, 0.29) is 10.8 Å². The van der Waals surface area contributed by atoms with Crippen LogP contribution in [0.1, 0.15) is 5.69 Å². The van der Waals surface area contributed by atoms with Crippen molar-refractivity contribution in [3.63, 3.8) is 0 Å². The quantitative estimate of drug-likeness (QED) is 0.838. The van der Waals surface area contributed by atoms with Gasteiger partial charge in [0.1, 0.15) is 11.4 Å². The van der Waals surface area contributed by atoms with Gasteiger partial charge in [-0.05, 0) is 24.4 Å². The largest absolute Gasteiger partial charge is 0.433 e. The lowest BCUT2D eigenvalue weighted by Gasteiger charge is -2.18. The molecule has 1 aromatic heterocycles. The summed E-state index contributed by atoms with van der Waals surface area (Å²) in [7, 11) is 0. The average Bonchev–Trinajstić information content (AvgIpc) is 2.98. The molecule has 0 atom stereocenters. The Labute approximate surface area is 136 Å². The van der Waals surface area contributed by atoms with E-state index in [4.69, 9.17) is 11.6 Å². The van der Waals surface area contributed by atoms with Gasteiger partial charge < -0.3 is 9.64 Å². The highest BCUT2D eigenvalue weighted by atomic mass is 35.5. The van der Waals surface area contributed by atoms with E-state index in [9.17, 15) is 8.78 Å². The minimum Gasteiger partial charge on any atom is -0.433 e. The van der Waals surface area contributed by atoms with Gasteiger partial charge in [-0.1, -0.05) is 29.0 Å². The Morgan fingerprint density at radius 3 is 2.91 bits per heavy atom. The Morgan fingerprint density at radius 2 is 2.17 bits per heavy atom. The van der Waals surface area contributed by atoms with Crippen LogP contribution in [0.5, 0.6) is 5.75 Å². The van der Waals surface area contributed by atoms with Crippen LogP contribution in [0.4, 0.5) is 8.78 Å². The molecule has 0 bridgehead atoms. The molecule has 23 heavy (non-hydrogen) atoms. The maximum atomic E-state index is 12.4. The van der Waals surface area contributed by atoms with E-state index in [1.807, 2.05) is 24.4 Å². The monoisotopic (exact) mass is 338 g/mol. The molecule has 0 aliphatic carbocycles. The summed E-state index contributed by atoms with van der Waals surface area (Å²) in [5.74, 6) is -0.0969. The van der Waals surface area contributed by atoms with E-state index in [0.717, 1.165) is 12.2 Å². The van der Waals surface area contributed by atoms with Crippen molar-refractivity contribution in [2.24, 2.45) is 0 Å². The van der Waals surface area contributed by atoms with Crippen LogP contribution in [-0.4, -0.2) is 33.1 Å². The van der Waals surface area contributed by atoms with Gasteiger partial charge in [-0.3, -0.25) is 0 Å². The first kappa shape index (κ1) is 15.5. The number of rotatable bonds is 5. The number of nitrogens with zero attached hydrogens (tertiary/aromatic N) is 4. The number of hydrogen-bond acceptors (Lipinski definition) is 4. The molecule has 0 amide bonds. The standard InChI is InChI=1S/C15H13ClF2N4O/c16-13-5-4-12(8-14(13)23-15(17)18)22-10-11(19-20-22)9-21-6-2-1-3-7-21/h1-6,8,10,15H,7,9H2. The summed E-state index contributed by atoms with van der Waals surface area (Å²) in [4.78, 5) is 2.07. The predicted octanol–water partition coefficient (Wildman–Crippen LogP) is 3.41. The van der Waals surface area contributed by atoms with Crippen molar-refractivity contribution >= 4 is 11.6 Å². The van der Waals surface area contributed by atoms with E-state index < -0.39 is 6.61 Å². The van der Waals surface area contributed by atoms with Crippen molar-refractivity contribution in [3.8, 4) is 11.4 Å². The highest BCUT2D eigenvalue weighted by Gasteiger charge is 2.12. The molecule has 0 N–H and O–H groups in total. The molecule has 1 aromatic carbocycles. The molecule has 0 fully saturated rings. The molecular weight excluding hydrogens is 326 g/mol. The second-order valence-corrected chi connectivity index (χ2v) is 5.25. The molecule has 120 valence electrons. The van der Waals surface area contributed by atoms with Gasteiger partial charge in [-0.15, -0.1) is 5.10 Å². The third-order valence-electron chi connectivity index (χ3n) is 3.19. The first-order valence-corrected chi connectivity index (χ1v) is 7.23. The van der Waals surface area contributed by atoms with Crippen molar-refractivity contribution in [1.82, 2.24) is 19.9 Å². The molecule has 0 unspecified atom stereocenters. The Balaban J connectivity index is 1.77. The summed E-state index contributed by atoms with van der Waals surface area (Å²) in [6.07, 6.45) is 9.67. The fraction of sp³-hybridized carbons (Fsp3) is 0.200. The Hall–Kier alpha value is -2.41. The molecule has 3 rings (SSSR count). The highest BCUT2D eigenvalue weighted by molar-refractivity contribution is 6.32. The topological polar surface area (TPSA) is 43.2 Å². The van der Waals surface area contributed by atoms with Gasteiger partial charge in [0.25, 0.3) is 0 Å². The third-order valence-corrected chi connectivity index (χ3v) is 3.50. The van der Waals surface area contributed by atoms with Gasteiger partial charge in [0.2, 0.25) is 0 Å². The lowest BCUT2D eigenvalue weighted by Crippen LogP contribution is -2.18. The van der Waals surface area contributed by atoms with E-state index >= 15 is 0 Å². The average molecular weight is 339 g/mol. The smallest absolute Gasteiger partial charge is 0.387 e. The van der Waals surface area contributed by atoms with E-state index in [1.54, 1.807) is 12.3 Å². The molecule has 2 heterocycles. The summed E-state index contributed by atoms with van der Waals surface area (Å²) in [5, 5.41) is 8.22. The van der Waals surface area contributed by atoms with Crippen LogP contribution in [0.15, 0.2) is 48.8 Å². The van der Waals surface area contributed by atoms with Crippen LogP contribution in [0.2, 0.25) is 5.02 Å². The molecular formula is C15H13ClF2N4O. The van der Waals surface area contributed by atoms with Gasteiger partial charge in [-0.2, -0.15) is 8.78 Å². The maximum Gasteiger partial charge on any atom is 0.387 e. The molecule has 1 aliphatic rings. The number of halogens is 3. The number of ether oxygens (including phenoxy) is 1. The minimum atomic E-state index is -2.94. The van der Waals surface area contributed by atoms with Gasteiger partial charge in [0.05, 0.1) is 23.5 Å². The van der Waals surface area contributed by atoms with Crippen LogP contribution in [0, 0.1) is 0 Å². The number of alkyl halides is 2. The molecule has 0 saturated heterocycles. The summed E-state index contributed by atoms with van der Waals surface area (Å²) >= 11 is 5.84. The number of allylic oxidation sites excluding steroid dienone is 2. The van der Waals surface area contributed by atoms with Crippen molar-refractivity contribution < 1.29 is 13.5 Å². The van der Waals surface area contributed by atoms with Crippen LogP contribution in [-0.2, 0) is 6.54 Å². The van der Waals surface area contributed by atoms with Crippen molar-refractivity contribution in [1.29, 1.82) is 0 Å². The second kappa shape index (κ2) is 6.78. The Bertz CT molecular complexity index is 745. The van der Waals surface area contributed by atoms with Crippen LogP contribution >= 0.6 is 11.6 Å². The van der Waals surface area contributed by atoms with Crippen LogP contribution in [0.3, 0.4) is 0 Å². The summed E-state index contributed by atoms with van der Waals surface area (Å²) in [6.45, 7) is -1.53. The summed E-state index contributed by atoms with van der Waals surface area (Å²) < 4.78 is 30.6. The third kappa shape index (κ3) is 3.87. The zero-order chi connectivity index (χ0) is 16.2. The summed E-state index contributed by atoms with van der Waals surface area (Å²) in [6, 6.07) is 4.53. The van der Waals surface area contributed by atoms with Gasteiger partial charge in [0.15, 0.2) is 0 Å². The maximum absolute atomic E-state index is 12.4. The molecule has 2 aromatic rings. The van der Waals surface area contributed by atoms with Crippen LogP contribution < -0.4 is 4.74 Å². The molecule has 0 saturated carbocycles. The zero-order valence-electron chi connectivity index (χ0n) is 11.9. The lowest BCUT2D eigenvalue weighted by molar-refractivity contribution is -0.0497. The van der Waals surface area contributed by atoms with Crippen molar-refractivity contribution in [2.75, 3.05) is 6.54 Å². The second-order valence-electron chi connectivity index (χ2n) is 4.85. The Morgan fingerprint density at radius 1 is 1.30 bits per heavy atom. The molecule has 8 heteroatoms.